The molecule has 0 aliphatic carbocycles. The fourth-order valence-electron chi connectivity index (χ4n) is 4.76. The van der Waals surface area contributed by atoms with Gasteiger partial charge in [-0.1, -0.05) is 35.9 Å². The van der Waals surface area contributed by atoms with E-state index in [1.807, 2.05) is 59.5 Å². The summed E-state index contributed by atoms with van der Waals surface area (Å²) in [5, 5.41) is 7.04. The first-order chi connectivity index (χ1) is 17.5. The molecule has 36 heavy (non-hydrogen) atoms. The summed E-state index contributed by atoms with van der Waals surface area (Å²) < 4.78 is 19.5. The minimum atomic E-state index is -0.217. The number of carbonyl (C=O) groups is 1. The van der Waals surface area contributed by atoms with Gasteiger partial charge in [-0.2, -0.15) is 5.10 Å². The number of anilines is 1. The zero-order valence-electron chi connectivity index (χ0n) is 20.1. The van der Waals surface area contributed by atoms with Crippen molar-refractivity contribution < 1.29 is 13.9 Å². The molecule has 0 saturated carbocycles. The van der Waals surface area contributed by atoms with E-state index >= 15 is 0 Å². The zero-order chi connectivity index (χ0) is 25.1. The van der Waals surface area contributed by atoms with Crippen LogP contribution in [0.1, 0.15) is 23.6 Å². The standard InChI is InChI=1S/C28H28ClFN4O2/c1-36-23-12-8-20(9-13-23)25-18-27(21-6-10-22(29)11-7-21)34(31-25)28(35)19-32-14-16-33(17-15-32)26-5-3-2-4-24(26)30/h2-13,27H,14-19H2,1H3. The van der Waals surface area contributed by atoms with Gasteiger partial charge in [0.15, 0.2) is 0 Å². The van der Waals surface area contributed by atoms with Gasteiger partial charge in [0.1, 0.15) is 11.6 Å². The van der Waals surface area contributed by atoms with Crippen LogP contribution in [0, 0.1) is 5.82 Å². The summed E-state index contributed by atoms with van der Waals surface area (Å²) in [5.74, 6) is 0.497. The van der Waals surface area contributed by atoms with E-state index in [2.05, 4.69) is 4.90 Å². The maximum absolute atomic E-state index is 14.2. The van der Waals surface area contributed by atoms with Crippen molar-refractivity contribution in [3.63, 3.8) is 0 Å². The van der Waals surface area contributed by atoms with E-state index in [0.717, 1.165) is 22.6 Å². The third-order valence-electron chi connectivity index (χ3n) is 6.77. The van der Waals surface area contributed by atoms with Crippen molar-refractivity contribution in [3.05, 3.63) is 94.8 Å². The van der Waals surface area contributed by atoms with Gasteiger partial charge >= 0.3 is 0 Å². The second-order valence-corrected chi connectivity index (χ2v) is 9.44. The SMILES string of the molecule is COc1ccc(C2=NN(C(=O)CN3CCN(c4ccccc4F)CC3)C(c3ccc(Cl)cc3)C2)cc1. The van der Waals surface area contributed by atoms with E-state index in [9.17, 15) is 9.18 Å². The van der Waals surface area contributed by atoms with Crippen LogP contribution in [0.4, 0.5) is 10.1 Å². The number of benzene rings is 3. The molecule has 2 aliphatic heterocycles. The molecule has 8 heteroatoms. The van der Waals surface area contributed by atoms with Crippen molar-refractivity contribution in [2.45, 2.75) is 12.5 Å². The highest BCUT2D eigenvalue weighted by Gasteiger charge is 2.34. The Morgan fingerprint density at radius 1 is 1.00 bits per heavy atom. The predicted molar refractivity (Wildman–Crippen MR) is 140 cm³/mol. The number of hydrogen-bond acceptors (Lipinski definition) is 5. The molecule has 0 spiro atoms. The summed E-state index contributed by atoms with van der Waals surface area (Å²) in [6.07, 6.45) is 0.612. The molecule has 5 rings (SSSR count). The predicted octanol–water partition coefficient (Wildman–Crippen LogP) is 4.99. The number of hydrazone groups is 1. The van der Waals surface area contributed by atoms with Gasteiger partial charge in [-0.15, -0.1) is 0 Å². The summed E-state index contributed by atoms with van der Waals surface area (Å²) >= 11 is 6.11. The number of carbonyl (C=O) groups excluding carboxylic acids is 1. The van der Waals surface area contributed by atoms with Gasteiger partial charge in [-0.3, -0.25) is 9.69 Å². The Morgan fingerprint density at radius 2 is 1.69 bits per heavy atom. The van der Waals surface area contributed by atoms with Crippen LogP contribution in [0.15, 0.2) is 77.9 Å². The van der Waals surface area contributed by atoms with Crippen LogP contribution in [0.3, 0.4) is 0 Å². The molecule has 0 radical (unpaired) electrons. The lowest BCUT2D eigenvalue weighted by Gasteiger charge is -2.36. The lowest BCUT2D eigenvalue weighted by Crippen LogP contribution is -2.49. The third kappa shape index (κ3) is 5.22. The van der Waals surface area contributed by atoms with Crippen molar-refractivity contribution in [2.24, 2.45) is 5.10 Å². The van der Waals surface area contributed by atoms with Gasteiger partial charge in [0, 0.05) is 37.6 Å². The van der Waals surface area contributed by atoms with E-state index in [0.29, 0.717) is 43.3 Å². The maximum atomic E-state index is 14.2. The van der Waals surface area contributed by atoms with E-state index < -0.39 is 0 Å². The Morgan fingerprint density at radius 3 is 2.36 bits per heavy atom. The zero-order valence-corrected chi connectivity index (χ0v) is 20.9. The molecule has 1 unspecified atom stereocenters. The Hall–Kier alpha value is -3.42. The lowest BCUT2D eigenvalue weighted by atomic mass is 9.98. The summed E-state index contributed by atoms with van der Waals surface area (Å²) in [5.41, 5.74) is 3.42. The molecule has 3 aromatic rings. The third-order valence-corrected chi connectivity index (χ3v) is 7.02. The smallest absolute Gasteiger partial charge is 0.257 e. The molecule has 2 heterocycles. The molecule has 6 nitrogen and oxygen atoms in total. The molecule has 1 atom stereocenters. The van der Waals surface area contributed by atoms with Gasteiger partial charge in [0.2, 0.25) is 0 Å². The van der Waals surface area contributed by atoms with Gasteiger partial charge in [-0.05, 0) is 59.7 Å². The van der Waals surface area contributed by atoms with Crippen molar-refractivity contribution in [2.75, 3.05) is 44.7 Å². The number of rotatable bonds is 6. The van der Waals surface area contributed by atoms with Gasteiger partial charge in [-0.25, -0.2) is 9.40 Å². The lowest BCUT2D eigenvalue weighted by molar-refractivity contribution is -0.134. The number of halogens is 2. The molecule has 1 amide bonds. The van der Waals surface area contributed by atoms with E-state index in [1.54, 1.807) is 24.3 Å². The van der Waals surface area contributed by atoms with Gasteiger partial charge < -0.3 is 9.64 Å². The number of nitrogens with zero attached hydrogens (tertiary/aromatic N) is 4. The number of ether oxygens (including phenoxy) is 1. The average Bonchev–Trinajstić information content (AvgIpc) is 3.36. The Kier molecular flexibility index (Phi) is 7.20. The molecule has 186 valence electrons. The fraction of sp³-hybridized carbons (Fsp3) is 0.286. The number of piperazine rings is 1. The van der Waals surface area contributed by atoms with Crippen LogP contribution in [0.2, 0.25) is 5.02 Å². The highest BCUT2D eigenvalue weighted by atomic mass is 35.5. The minimum absolute atomic E-state index is 0.0576. The summed E-state index contributed by atoms with van der Waals surface area (Å²) in [6.45, 7) is 2.93. The number of methoxy groups -OCH3 is 1. The van der Waals surface area contributed by atoms with Crippen LogP contribution in [-0.2, 0) is 4.79 Å². The van der Waals surface area contributed by atoms with Crippen LogP contribution in [0.5, 0.6) is 5.75 Å². The molecule has 2 aliphatic rings. The number of para-hydroxylation sites is 1. The van der Waals surface area contributed by atoms with Crippen LogP contribution < -0.4 is 9.64 Å². The summed E-state index contributed by atoms with van der Waals surface area (Å²) in [4.78, 5) is 17.6. The fourth-order valence-corrected chi connectivity index (χ4v) is 4.89. The Balaban J connectivity index is 1.30. The molecule has 3 aromatic carbocycles. The molecule has 1 saturated heterocycles. The topological polar surface area (TPSA) is 48.4 Å². The first-order valence-electron chi connectivity index (χ1n) is 12.0. The normalized spacial score (nSPS) is 18.3. The Labute approximate surface area is 215 Å². The van der Waals surface area contributed by atoms with Crippen molar-refractivity contribution in [1.29, 1.82) is 0 Å². The highest BCUT2D eigenvalue weighted by molar-refractivity contribution is 6.30. The Bertz CT molecular complexity index is 1240. The van der Waals surface area contributed by atoms with Crippen molar-refractivity contribution in [1.82, 2.24) is 9.91 Å². The second kappa shape index (κ2) is 10.7. The summed E-state index contributed by atoms with van der Waals surface area (Å²) in [7, 11) is 1.63. The second-order valence-electron chi connectivity index (χ2n) is 9.00. The summed E-state index contributed by atoms with van der Waals surface area (Å²) in [6, 6.07) is 21.9. The molecule has 0 bridgehead atoms. The minimum Gasteiger partial charge on any atom is -0.497 e. The van der Waals surface area contributed by atoms with Crippen molar-refractivity contribution in [3.8, 4) is 5.75 Å². The highest BCUT2D eigenvalue weighted by Crippen LogP contribution is 2.34. The van der Waals surface area contributed by atoms with Crippen LogP contribution in [-0.4, -0.2) is 61.4 Å². The first kappa shape index (κ1) is 24.3. The largest absolute Gasteiger partial charge is 0.497 e. The van der Waals surface area contributed by atoms with Crippen molar-refractivity contribution >= 4 is 28.9 Å². The van der Waals surface area contributed by atoms with E-state index in [1.165, 1.54) is 6.07 Å². The molecular weight excluding hydrogens is 479 g/mol. The van der Waals surface area contributed by atoms with Crippen LogP contribution in [0.25, 0.3) is 0 Å². The van der Waals surface area contributed by atoms with Crippen LogP contribution >= 0.6 is 11.6 Å². The molecule has 1 fully saturated rings. The van der Waals surface area contributed by atoms with E-state index in [4.69, 9.17) is 21.4 Å². The number of hydrogen-bond donors (Lipinski definition) is 0. The maximum Gasteiger partial charge on any atom is 0.257 e. The molecule has 0 N–H and O–H groups in total. The molecule has 0 aromatic heterocycles. The molecular formula is C28H28ClFN4O2. The monoisotopic (exact) mass is 506 g/mol. The number of amides is 1. The quantitative estimate of drug-likeness (QED) is 0.473. The van der Waals surface area contributed by atoms with E-state index in [-0.39, 0.29) is 24.3 Å². The average molecular weight is 507 g/mol. The van der Waals surface area contributed by atoms with Gasteiger partial charge in [0.25, 0.3) is 5.91 Å². The first-order valence-corrected chi connectivity index (χ1v) is 12.4. The van der Waals surface area contributed by atoms with Gasteiger partial charge in [0.05, 0.1) is 31.1 Å².